The second kappa shape index (κ2) is 7.46. The standard InChI is InChI=1S/C15H32N2O/c1-6-15(7-2,11-16-8-3)12-17(5)14-9-10-18-13(14)4/h13-14,16H,6-12H2,1-5H3. The van der Waals surface area contributed by atoms with Crippen LogP contribution in [0, 0.1) is 5.41 Å². The largest absolute Gasteiger partial charge is 0.377 e. The minimum Gasteiger partial charge on any atom is -0.377 e. The second-order valence-corrected chi connectivity index (χ2v) is 5.83. The lowest BCUT2D eigenvalue weighted by Gasteiger charge is -2.39. The number of hydrogen-bond acceptors (Lipinski definition) is 3. The molecule has 0 saturated carbocycles. The third-order valence-electron chi connectivity index (χ3n) is 4.74. The fourth-order valence-electron chi connectivity index (χ4n) is 3.12. The maximum Gasteiger partial charge on any atom is 0.0702 e. The first kappa shape index (κ1) is 15.9. The highest BCUT2D eigenvalue weighted by Crippen LogP contribution is 2.29. The van der Waals surface area contributed by atoms with E-state index in [9.17, 15) is 0 Å². The summed E-state index contributed by atoms with van der Waals surface area (Å²) in [4.78, 5) is 2.53. The van der Waals surface area contributed by atoms with Crippen molar-refractivity contribution in [1.82, 2.24) is 10.2 Å². The average Bonchev–Trinajstić information content (AvgIpc) is 2.81. The topological polar surface area (TPSA) is 24.5 Å². The Labute approximate surface area is 113 Å². The van der Waals surface area contributed by atoms with E-state index in [1.54, 1.807) is 0 Å². The highest BCUT2D eigenvalue weighted by Gasteiger charge is 2.33. The van der Waals surface area contributed by atoms with E-state index in [1.807, 2.05) is 0 Å². The molecule has 1 heterocycles. The summed E-state index contributed by atoms with van der Waals surface area (Å²) in [5.74, 6) is 0. The fraction of sp³-hybridized carbons (Fsp3) is 1.00. The average molecular weight is 256 g/mol. The molecule has 1 aliphatic heterocycles. The molecule has 1 aliphatic rings. The molecule has 3 heteroatoms. The van der Waals surface area contributed by atoms with E-state index < -0.39 is 0 Å². The van der Waals surface area contributed by atoms with Gasteiger partial charge in [-0.1, -0.05) is 20.8 Å². The number of nitrogens with zero attached hydrogens (tertiary/aromatic N) is 1. The van der Waals surface area contributed by atoms with Crippen molar-refractivity contribution in [2.45, 2.75) is 59.1 Å². The Kier molecular flexibility index (Phi) is 6.61. The van der Waals surface area contributed by atoms with Crippen LogP contribution in [-0.4, -0.2) is 50.3 Å². The van der Waals surface area contributed by atoms with Gasteiger partial charge in [0.25, 0.3) is 0 Å². The van der Waals surface area contributed by atoms with Gasteiger partial charge in [0.2, 0.25) is 0 Å². The van der Waals surface area contributed by atoms with E-state index in [0.717, 1.165) is 19.7 Å². The zero-order valence-electron chi connectivity index (χ0n) is 13.0. The van der Waals surface area contributed by atoms with E-state index in [2.05, 4.69) is 45.0 Å². The molecule has 0 aromatic carbocycles. The molecule has 0 amide bonds. The van der Waals surface area contributed by atoms with Crippen molar-refractivity contribution in [3.05, 3.63) is 0 Å². The first-order chi connectivity index (χ1) is 8.58. The van der Waals surface area contributed by atoms with Crippen LogP contribution in [0.5, 0.6) is 0 Å². The molecular weight excluding hydrogens is 224 g/mol. The van der Waals surface area contributed by atoms with Crippen molar-refractivity contribution in [3.63, 3.8) is 0 Å². The summed E-state index contributed by atoms with van der Waals surface area (Å²) in [5.41, 5.74) is 0.410. The van der Waals surface area contributed by atoms with Gasteiger partial charge in [0.1, 0.15) is 0 Å². The normalized spacial score (nSPS) is 25.0. The van der Waals surface area contributed by atoms with Crippen molar-refractivity contribution in [1.29, 1.82) is 0 Å². The van der Waals surface area contributed by atoms with Crippen LogP contribution in [0.3, 0.4) is 0 Å². The molecule has 0 radical (unpaired) electrons. The van der Waals surface area contributed by atoms with Gasteiger partial charge in [0.05, 0.1) is 6.10 Å². The molecule has 2 unspecified atom stereocenters. The van der Waals surface area contributed by atoms with Crippen LogP contribution < -0.4 is 5.32 Å². The molecule has 18 heavy (non-hydrogen) atoms. The Hall–Kier alpha value is -0.120. The van der Waals surface area contributed by atoms with Gasteiger partial charge < -0.3 is 15.0 Å². The molecule has 2 atom stereocenters. The van der Waals surface area contributed by atoms with Gasteiger partial charge in [-0.2, -0.15) is 0 Å². The van der Waals surface area contributed by atoms with Crippen molar-refractivity contribution in [2.75, 3.05) is 33.3 Å². The number of nitrogens with one attached hydrogen (secondary N) is 1. The van der Waals surface area contributed by atoms with Crippen LogP contribution in [0.1, 0.15) is 47.0 Å². The van der Waals surface area contributed by atoms with Gasteiger partial charge in [-0.3, -0.25) is 0 Å². The third-order valence-corrected chi connectivity index (χ3v) is 4.74. The molecule has 3 nitrogen and oxygen atoms in total. The van der Waals surface area contributed by atoms with E-state index in [1.165, 1.54) is 25.8 Å². The first-order valence-electron chi connectivity index (χ1n) is 7.61. The molecule has 1 rings (SSSR count). The number of likely N-dealkylation sites (N-methyl/N-ethyl adjacent to an activating group) is 1. The zero-order valence-corrected chi connectivity index (χ0v) is 13.0. The third kappa shape index (κ3) is 3.94. The predicted octanol–water partition coefficient (Wildman–Crippen LogP) is 2.51. The molecule has 1 fully saturated rings. The van der Waals surface area contributed by atoms with Crippen molar-refractivity contribution in [2.24, 2.45) is 5.41 Å². The molecule has 1 saturated heterocycles. The van der Waals surface area contributed by atoms with Gasteiger partial charge in [0.15, 0.2) is 0 Å². The molecule has 1 N–H and O–H groups in total. The SMILES string of the molecule is CCNCC(CC)(CC)CN(C)C1CCOC1C. The van der Waals surface area contributed by atoms with Crippen LogP contribution in [0.4, 0.5) is 0 Å². The van der Waals surface area contributed by atoms with Crippen LogP contribution in [0.2, 0.25) is 0 Å². The summed E-state index contributed by atoms with van der Waals surface area (Å²) < 4.78 is 5.69. The van der Waals surface area contributed by atoms with Gasteiger partial charge in [-0.15, -0.1) is 0 Å². The maximum absolute atomic E-state index is 5.69. The predicted molar refractivity (Wildman–Crippen MR) is 78.0 cm³/mol. The Bertz CT molecular complexity index is 229. The Morgan fingerprint density at radius 1 is 1.28 bits per heavy atom. The summed E-state index contributed by atoms with van der Waals surface area (Å²) in [6.45, 7) is 13.3. The maximum atomic E-state index is 5.69. The minimum atomic E-state index is 0.389. The molecule has 0 spiro atoms. The summed E-state index contributed by atoms with van der Waals surface area (Å²) in [7, 11) is 2.27. The highest BCUT2D eigenvalue weighted by molar-refractivity contribution is 4.87. The van der Waals surface area contributed by atoms with Gasteiger partial charge in [-0.25, -0.2) is 0 Å². The lowest BCUT2D eigenvalue weighted by atomic mass is 9.81. The Morgan fingerprint density at radius 3 is 2.39 bits per heavy atom. The smallest absolute Gasteiger partial charge is 0.0702 e. The fourth-order valence-corrected chi connectivity index (χ4v) is 3.12. The van der Waals surface area contributed by atoms with Crippen LogP contribution in [-0.2, 0) is 4.74 Å². The van der Waals surface area contributed by atoms with Gasteiger partial charge in [0, 0.05) is 25.7 Å². The first-order valence-corrected chi connectivity index (χ1v) is 7.61. The number of rotatable bonds is 8. The number of ether oxygens (including phenoxy) is 1. The summed E-state index contributed by atoms with van der Waals surface area (Å²) in [6, 6.07) is 0.601. The van der Waals surface area contributed by atoms with Crippen LogP contribution in [0.15, 0.2) is 0 Å². The van der Waals surface area contributed by atoms with E-state index in [0.29, 0.717) is 17.6 Å². The van der Waals surface area contributed by atoms with Crippen LogP contribution >= 0.6 is 0 Å². The quantitative estimate of drug-likeness (QED) is 0.722. The highest BCUT2D eigenvalue weighted by atomic mass is 16.5. The summed E-state index contributed by atoms with van der Waals surface area (Å²) in [6.07, 6.45) is 4.05. The summed E-state index contributed by atoms with van der Waals surface area (Å²) >= 11 is 0. The summed E-state index contributed by atoms with van der Waals surface area (Å²) in [5, 5.41) is 3.54. The van der Waals surface area contributed by atoms with Crippen LogP contribution in [0.25, 0.3) is 0 Å². The lowest BCUT2D eigenvalue weighted by Crippen LogP contribution is -2.47. The number of hydrogen-bond donors (Lipinski definition) is 1. The zero-order chi connectivity index (χ0) is 13.6. The van der Waals surface area contributed by atoms with Gasteiger partial charge >= 0.3 is 0 Å². The van der Waals surface area contributed by atoms with E-state index in [-0.39, 0.29) is 0 Å². The molecule has 0 aliphatic carbocycles. The van der Waals surface area contributed by atoms with Crippen molar-refractivity contribution >= 4 is 0 Å². The molecule has 108 valence electrons. The minimum absolute atomic E-state index is 0.389. The van der Waals surface area contributed by atoms with Gasteiger partial charge in [-0.05, 0) is 45.2 Å². The van der Waals surface area contributed by atoms with Crippen molar-refractivity contribution < 1.29 is 4.74 Å². The monoisotopic (exact) mass is 256 g/mol. The van der Waals surface area contributed by atoms with Crippen molar-refractivity contribution in [3.8, 4) is 0 Å². The molecule has 0 aromatic rings. The molecule has 0 aromatic heterocycles. The Balaban J connectivity index is 2.58. The Morgan fingerprint density at radius 2 is 1.94 bits per heavy atom. The lowest BCUT2D eigenvalue weighted by molar-refractivity contribution is 0.0601. The van der Waals surface area contributed by atoms with E-state index in [4.69, 9.17) is 4.74 Å². The molecule has 0 bridgehead atoms. The second-order valence-electron chi connectivity index (χ2n) is 5.83. The molecular formula is C15H32N2O. The van der Waals surface area contributed by atoms with E-state index >= 15 is 0 Å².